The van der Waals surface area contributed by atoms with E-state index >= 15 is 0 Å². The number of carbonyl (C=O) groups is 1. The lowest BCUT2D eigenvalue weighted by atomic mass is 10.1. The molecule has 0 unspecified atom stereocenters. The Hall–Kier alpha value is -2.62. The lowest BCUT2D eigenvalue weighted by molar-refractivity contribution is -0.385. The van der Waals surface area contributed by atoms with Crippen LogP contribution in [0.3, 0.4) is 0 Å². The Balaban J connectivity index is 2.34. The highest BCUT2D eigenvalue weighted by Gasteiger charge is 2.31. The molecule has 2 rings (SSSR count). The van der Waals surface area contributed by atoms with Crippen molar-refractivity contribution in [2.75, 3.05) is 12.4 Å². The number of ether oxygens (including phenoxy) is 1. The third-order valence-corrected chi connectivity index (χ3v) is 3.87. The molecule has 0 aliphatic rings. The zero-order chi connectivity index (χ0) is 18.8. The molecule has 0 aliphatic heterocycles. The summed E-state index contributed by atoms with van der Waals surface area (Å²) in [5.74, 6) is -0.840. The molecule has 0 aromatic heterocycles. The third kappa shape index (κ3) is 4.27. The van der Waals surface area contributed by atoms with E-state index in [2.05, 4.69) is 21.2 Å². The molecule has 10 heteroatoms. The van der Waals surface area contributed by atoms with Gasteiger partial charge in [0.15, 0.2) is 5.75 Å². The average Bonchev–Trinajstić information content (AvgIpc) is 2.55. The first-order valence-corrected chi connectivity index (χ1v) is 7.43. The topological polar surface area (TPSA) is 81.5 Å². The van der Waals surface area contributed by atoms with Crippen LogP contribution in [0, 0.1) is 10.1 Å². The molecule has 0 heterocycles. The van der Waals surface area contributed by atoms with Crippen LogP contribution in [0.15, 0.2) is 40.9 Å². The first-order chi connectivity index (χ1) is 11.6. The van der Waals surface area contributed by atoms with Crippen LogP contribution in [0.1, 0.15) is 15.9 Å². The van der Waals surface area contributed by atoms with Crippen LogP contribution < -0.4 is 10.1 Å². The van der Waals surface area contributed by atoms with Crippen molar-refractivity contribution in [2.24, 2.45) is 0 Å². The number of rotatable bonds is 4. The maximum atomic E-state index is 12.8. The van der Waals surface area contributed by atoms with Crippen LogP contribution in [-0.4, -0.2) is 17.9 Å². The van der Waals surface area contributed by atoms with E-state index in [0.29, 0.717) is 0 Å². The van der Waals surface area contributed by atoms with Crippen molar-refractivity contribution in [2.45, 2.75) is 6.18 Å². The molecule has 1 N–H and O–H groups in total. The van der Waals surface area contributed by atoms with Gasteiger partial charge in [-0.05, 0) is 46.3 Å². The van der Waals surface area contributed by atoms with Gasteiger partial charge < -0.3 is 10.1 Å². The molecule has 0 aliphatic carbocycles. The predicted octanol–water partition coefficient (Wildman–Crippen LogP) is 4.64. The summed E-state index contributed by atoms with van der Waals surface area (Å²) in [7, 11) is 1.24. The Morgan fingerprint density at radius 3 is 2.48 bits per heavy atom. The second-order valence-electron chi connectivity index (χ2n) is 4.79. The number of anilines is 1. The zero-order valence-corrected chi connectivity index (χ0v) is 14.1. The molecule has 0 spiro atoms. The number of nitrogens with one attached hydrogen (secondary N) is 1. The molecule has 2 aromatic carbocycles. The van der Waals surface area contributed by atoms with Crippen LogP contribution in [0.25, 0.3) is 0 Å². The van der Waals surface area contributed by atoms with Crippen molar-refractivity contribution in [3.05, 3.63) is 62.1 Å². The molecule has 2 aromatic rings. The van der Waals surface area contributed by atoms with Crippen molar-refractivity contribution in [1.29, 1.82) is 0 Å². The maximum Gasteiger partial charge on any atom is 0.416 e. The molecule has 0 saturated carbocycles. The van der Waals surface area contributed by atoms with Gasteiger partial charge in [0, 0.05) is 16.1 Å². The van der Waals surface area contributed by atoms with Crippen molar-refractivity contribution < 1.29 is 27.6 Å². The van der Waals surface area contributed by atoms with Gasteiger partial charge in [0.1, 0.15) is 0 Å². The number of methoxy groups -OCH3 is 1. The Morgan fingerprint density at radius 1 is 1.24 bits per heavy atom. The van der Waals surface area contributed by atoms with Crippen molar-refractivity contribution >= 4 is 33.2 Å². The van der Waals surface area contributed by atoms with Crippen LogP contribution in [0.2, 0.25) is 0 Å². The summed E-state index contributed by atoms with van der Waals surface area (Å²) in [5.41, 5.74) is -1.58. The Morgan fingerprint density at radius 2 is 1.92 bits per heavy atom. The van der Waals surface area contributed by atoms with E-state index in [1.165, 1.54) is 19.2 Å². The fourth-order valence-electron chi connectivity index (χ4n) is 1.97. The monoisotopic (exact) mass is 418 g/mol. The predicted molar refractivity (Wildman–Crippen MR) is 86.7 cm³/mol. The number of amides is 1. The number of hydrogen-bond acceptors (Lipinski definition) is 4. The fraction of sp³-hybridized carbons (Fsp3) is 0.133. The third-order valence-electron chi connectivity index (χ3n) is 3.18. The largest absolute Gasteiger partial charge is 0.490 e. The van der Waals surface area contributed by atoms with E-state index in [0.717, 1.165) is 24.3 Å². The van der Waals surface area contributed by atoms with Gasteiger partial charge in [-0.15, -0.1) is 0 Å². The van der Waals surface area contributed by atoms with E-state index in [4.69, 9.17) is 4.74 Å². The normalized spacial score (nSPS) is 11.1. The molecule has 1 amide bonds. The molecule has 0 radical (unpaired) electrons. The molecule has 0 fully saturated rings. The summed E-state index contributed by atoms with van der Waals surface area (Å²) in [4.78, 5) is 22.5. The van der Waals surface area contributed by atoms with Gasteiger partial charge in [-0.2, -0.15) is 13.2 Å². The number of benzene rings is 2. The Bertz CT molecular complexity index is 840. The Kier molecular flexibility index (Phi) is 5.31. The van der Waals surface area contributed by atoms with Crippen molar-refractivity contribution in [3.8, 4) is 5.75 Å². The summed E-state index contributed by atoms with van der Waals surface area (Å²) >= 11 is 3.05. The van der Waals surface area contributed by atoms with Gasteiger partial charge in [-0.1, -0.05) is 0 Å². The van der Waals surface area contributed by atoms with Crippen LogP contribution in [0.5, 0.6) is 5.75 Å². The first-order valence-electron chi connectivity index (χ1n) is 6.64. The van der Waals surface area contributed by atoms with E-state index in [9.17, 15) is 28.1 Å². The number of hydrogen-bond donors (Lipinski definition) is 1. The van der Waals surface area contributed by atoms with E-state index < -0.39 is 28.3 Å². The average molecular weight is 419 g/mol. The van der Waals surface area contributed by atoms with Gasteiger partial charge in [-0.25, -0.2) is 0 Å². The molecular weight excluding hydrogens is 409 g/mol. The van der Waals surface area contributed by atoms with E-state index in [1.54, 1.807) is 0 Å². The van der Waals surface area contributed by atoms with E-state index in [-0.39, 0.29) is 21.5 Å². The minimum atomic E-state index is -4.57. The van der Waals surface area contributed by atoms with Crippen LogP contribution >= 0.6 is 15.9 Å². The summed E-state index contributed by atoms with van der Waals surface area (Å²) in [6.45, 7) is 0. The zero-order valence-electron chi connectivity index (χ0n) is 12.6. The molecular formula is C15H10BrF3N2O4. The fourth-order valence-corrected chi connectivity index (χ4v) is 2.31. The van der Waals surface area contributed by atoms with Crippen molar-refractivity contribution in [1.82, 2.24) is 0 Å². The van der Waals surface area contributed by atoms with Gasteiger partial charge in [0.05, 0.1) is 23.3 Å². The highest BCUT2D eigenvalue weighted by atomic mass is 79.9. The Labute approximate surface area is 147 Å². The smallest absolute Gasteiger partial charge is 0.416 e. The number of nitrogens with zero attached hydrogens (tertiary/aromatic N) is 1. The van der Waals surface area contributed by atoms with Gasteiger partial charge in [-0.3, -0.25) is 14.9 Å². The van der Waals surface area contributed by atoms with Crippen LogP contribution in [-0.2, 0) is 6.18 Å². The number of halogens is 4. The second-order valence-corrected chi connectivity index (χ2v) is 5.64. The molecule has 6 nitrogen and oxygen atoms in total. The minimum Gasteiger partial charge on any atom is -0.490 e. The SMILES string of the molecule is COc1ccc(C(=O)Nc2cc(C(F)(F)F)ccc2Br)cc1[N+](=O)[O-]. The first kappa shape index (κ1) is 18.7. The lowest BCUT2D eigenvalue weighted by Crippen LogP contribution is -2.14. The number of nitro benzene ring substituents is 1. The lowest BCUT2D eigenvalue weighted by Gasteiger charge is -2.12. The molecule has 0 atom stereocenters. The van der Waals surface area contributed by atoms with E-state index in [1.807, 2.05) is 0 Å². The van der Waals surface area contributed by atoms with Crippen molar-refractivity contribution in [3.63, 3.8) is 0 Å². The molecule has 0 saturated heterocycles. The molecule has 132 valence electrons. The highest BCUT2D eigenvalue weighted by molar-refractivity contribution is 9.10. The van der Waals surface area contributed by atoms with Gasteiger partial charge in [0.25, 0.3) is 5.91 Å². The summed E-state index contributed by atoms with van der Waals surface area (Å²) in [5, 5.41) is 13.3. The number of nitro groups is 1. The van der Waals surface area contributed by atoms with Crippen LogP contribution in [0.4, 0.5) is 24.5 Å². The molecule has 0 bridgehead atoms. The minimum absolute atomic E-state index is 0.0400. The number of alkyl halides is 3. The summed E-state index contributed by atoms with van der Waals surface area (Å²) in [6.07, 6.45) is -4.57. The standard InChI is InChI=1S/C15H10BrF3N2O4/c1-25-13-5-2-8(6-12(13)21(23)24)14(22)20-11-7-9(15(17,18)19)3-4-10(11)16/h2-7H,1H3,(H,20,22). The quantitative estimate of drug-likeness (QED) is 0.579. The maximum absolute atomic E-state index is 12.8. The second kappa shape index (κ2) is 7.09. The number of carbonyl (C=O) groups excluding carboxylic acids is 1. The van der Waals surface area contributed by atoms with Gasteiger partial charge >= 0.3 is 11.9 Å². The highest BCUT2D eigenvalue weighted by Crippen LogP contribution is 2.34. The van der Waals surface area contributed by atoms with Gasteiger partial charge in [0.2, 0.25) is 0 Å². The summed E-state index contributed by atoms with van der Waals surface area (Å²) < 4.78 is 43.4. The molecule has 25 heavy (non-hydrogen) atoms. The summed E-state index contributed by atoms with van der Waals surface area (Å²) in [6, 6.07) is 6.25.